The molecule has 0 aliphatic rings. The van der Waals surface area contributed by atoms with Crippen LogP contribution in [0.4, 0.5) is 0 Å². The first-order valence-electron chi connectivity index (χ1n) is 10.1. The lowest BCUT2D eigenvalue weighted by Gasteiger charge is -2.13. The van der Waals surface area contributed by atoms with Crippen LogP contribution in [0.15, 0.2) is 24.3 Å². The van der Waals surface area contributed by atoms with Crippen LogP contribution in [0.2, 0.25) is 0 Å². The summed E-state index contributed by atoms with van der Waals surface area (Å²) in [5, 5.41) is 27.4. The van der Waals surface area contributed by atoms with Crippen LogP contribution in [-0.2, 0) is 16.0 Å². The Hall–Kier alpha value is -1.18. The number of rotatable bonds is 17. The van der Waals surface area contributed by atoms with Crippen molar-refractivity contribution in [3.8, 4) is 5.75 Å². The normalized spacial score (nSPS) is 13.5. The lowest BCUT2D eigenvalue weighted by molar-refractivity contribution is -0.227. The van der Waals surface area contributed by atoms with Gasteiger partial charge in [-0.05, 0) is 30.5 Å². The molecule has 6 heteroatoms. The fraction of sp³-hybridized carbons (Fsp3) is 0.714. The van der Waals surface area contributed by atoms with E-state index in [0.717, 1.165) is 6.42 Å². The minimum absolute atomic E-state index is 0.00218. The van der Waals surface area contributed by atoms with Crippen molar-refractivity contribution in [3.63, 3.8) is 0 Å². The molecule has 0 aliphatic carbocycles. The molecule has 3 N–H and O–H groups in total. The van der Waals surface area contributed by atoms with Gasteiger partial charge in [-0.3, -0.25) is 0 Å². The van der Waals surface area contributed by atoms with Gasteiger partial charge in [-0.2, -0.15) is 4.89 Å². The van der Waals surface area contributed by atoms with Crippen LogP contribution in [0.3, 0.4) is 0 Å². The maximum atomic E-state index is 9.67. The number of hydrogen-bond acceptors (Lipinski definition) is 6. The fourth-order valence-corrected chi connectivity index (χ4v) is 2.62. The van der Waals surface area contributed by atoms with Crippen molar-refractivity contribution in [3.05, 3.63) is 29.8 Å². The highest BCUT2D eigenvalue weighted by molar-refractivity contribution is 5.26. The Kier molecular flexibility index (Phi) is 14.0. The Morgan fingerprint density at radius 1 is 0.815 bits per heavy atom. The molecule has 0 bridgehead atoms. The molecule has 0 aliphatic heterocycles. The van der Waals surface area contributed by atoms with Crippen LogP contribution in [0.25, 0.3) is 0 Å². The van der Waals surface area contributed by atoms with Crippen LogP contribution in [-0.4, -0.2) is 54.0 Å². The molecule has 2 unspecified atom stereocenters. The van der Waals surface area contributed by atoms with Crippen molar-refractivity contribution in [2.24, 2.45) is 0 Å². The van der Waals surface area contributed by atoms with Gasteiger partial charge in [-0.1, -0.05) is 57.6 Å². The minimum atomic E-state index is -0.936. The molecular formula is C21H36O6. The quantitative estimate of drug-likeness (QED) is 0.217. The summed E-state index contributed by atoms with van der Waals surface area (Å²) >= 11 is 0. The smallest absolute Gasteiger partial charge is 0.165 e. The van der Waals surface area contributed by atoms with Gasteiger partial charge in [0.1, 0.15) is 18.8 Å². The van der Waals surface area contributed by atoms with Gasteiger partial charge in [0.05, 0.1) is 19.8 Å². The van der Waals surface area contributed by atoms with E-state index in [2.05, 4.69) is 6.92 Å². The van der Waals surface area contributed by atoms with E-state index >= 15 is 0 Å². The van der Waals surface area contributed by atoms with Gasteiger partial charge < -0.3 is 24.9 Å². The molecule has 0 spiro atoms. The second-order valence-electron chi connectivity index (χ2n) is 6.91. The zero-order valence-corrected chi connectivity index (χ0v) is 16.5. The van der Waals surface area contributed by atoms with Crippen molar-refractivity contribution in [2.75, 3.05) is 26.4 Å². The Balaban J connectivity index is 2.08. The van der Waals surface area contributed by atoms with Gasteiger partial charge in [0.15, 0.2) is 5.75 Å². The standard InChI is InChI=1S/C21H36O6/c1-2-3-4-5-6-7-8-9-18-10-12-21(13-11-18)27-26-17-20(24)16-25-15-19(23)14-22/h10-13,19-20,22-24H,2-9,14-17H2,1H3. The number of unbranched alkanes of at least 4 members (excludes halogenated alkanes) is 6. The summed E-state index contributed by atoms with van der Waals surface area (Å²) in [5.74, 6) is 0.585. The molecule has 0 fully saturated rings. The first-order chi connectivity index (χ1) is 13.2. The van der Waals surface area contributed by atoms with Crippen LogP contribution in [0, 0.1) is 0 Å². The zero-order valence-electron chi connectivity index (χ0n) is 16.5. The van der Waals surface area contributed by atoms with Crippen LogP contribution < -0.4 is 4.89 Å². The maximum Gasteiger partial charge on any atom is 0.165 e. The van der Waals surface area contributed by atoms with Crippen molar-refractivity contribution >= 4 is 0 Å². The van der Waals surface area contributed by atoms with E-state index in [4.69, 9.17) is 24.7 Å². The lowest BCUT2D eigenvalue weighted by Crippen LogP contribution is -2.26. The Bertz CT molecular complexity index is 450. The molecule has 0 radical (unpaired) electrons. The van der Waals surface area contributed by atoms with E-state index in [9.17, 15) is 5.11 Å². The number of hydrogen-bond donors (Lipinski definition) is 3. The molecule has 27 heavy (non-hydrogen) atoms. The summed E-state index contributed by atoms with van der Waals surface area (Å²) in [4.78, 5) is 10.2. The van der Waals surface area contributed by atoms with Crippen molar-refractivity contribution < 1.29 is 29.8 Å². The average Bonchev–Trinajstić information content (AvgIpc) is 2.68. The Morgan fingerprint density at radius 3 is 2.11 bits per heavy atom. The predicted octanol–water partition coefficient (Wildman–Crippen LogP) is 3.02. The number of aryl methyl sites for hydroxylation is 1. The molecule has 0 amide bonds. The zero-order chi connectivity index (χ0) is 19.7. The molecule has 0 saturated heterocycles. The molecule has 0 saturated carbocycles. The van der Waals surface area contributed by atoms with Gasteiger partial charge in [0.25, 0.3) is 0 Å². The lowest BCUT2D eigenvalue weighted by atomic mass is 10.0. The second kappa shape index (κ2) is 15.8. The predicted molar refractivity (Wildman–Crippen MR) is 105 cm³/mol. The average molecular weight is 385 g/mol. The van der Waals surface area contributed by atoms with Gasteiger partial charge in [0, 0.05) is 0 Å². The van der Waals surface area contributed by atoms with E-state index in [-0.39, 0.29) is 26.4 Å². The third-order valence-corrected chi connectivity index (χ3v) is 4.24. The first-order valence-corrected chi connectivity index (χ1v) is 10.1. The molecule has 0 aromatic heterocycles. The molecular weight excluding hydrogens is 348 g/mol. The highest BCUT2D eigenvalue weighted by Gasteiger charge is 2.08. The Labute approximate surface area is 163 Å². The van der Waals surface area contributed by atoms with Gasteiger partial charge in [-0.15, -0.1) is 0 Å². The number of benzene rings is 1. The number of ether oxygens (including phenoxy) is 1. The van der Waals surface area contributed by atoms with E-state index in [1.165, 1.54) is 50.5 Å². The van der Waals surface area contributed by atoms with E-state index < -0.39 is 12.2 Å². The van der Waals surface area contributed by atoms with Crippen LogP contribution in [0.5, 0.6) is 5.75 Å². The number of aliphatic hydroxyl groups excluding tert-OH is 3. The van der Waals surface area contributed by atoms with Crippen molar-refractivity contribution in [1.29, 1.82) is 0 Å². The SMILES string of the molecule is CCCCCCCCCc1ccc(OOCC(O)COCC(O)CO)cc1. The highest BCUT2D eigenvalue weighted by atomic mass is 17.2. The maximum absolute atomic E-state index is 9.67. The summed E-state index contributed by atoms with van der Waals surface area (Å²) in [6, 6.07) is 7.78. The summed E-state index contributed by atoms with van der Waals surface area (Å²) in [6.07, 6.45) is 8.41. The first kappa shape index (κ1) is 23.9. The molecule has 156 valence electrons. The van der Waals surface area contributed by atoms with Crippen LogP contribution in [0.1, 0.15) is 57.4 Å². The van der Waals surface area contributed by atoms with Crippen LogP contribution >= 0.6 is 0 Å². The monoisotopic (exact) mass is 384 g/mol. The summed E-state index contributed by atoms with van der Waals surface area (Å²) in [6.45, 7) is 1.79. The molecule has 6 nitrogen and oxygen atoms in total. The molecule has 1 aromatic carbocycles. The van der Waals surface area contributed by atoms with Crippen molar-refractivity contribution in [1.82, 2.24) is 0 Å². The van der Waals surface area contributed by atoms with Gasteiger partial charge >= 0.3 is 0 Å². The van der Waals surface area contributed by atoms with E-state index in [0.29, 0.717) is 5.75 Å². The molecule has 0 heterocycles. The third-order valence-electron chi connectivity index (χ3n) is 4.24. The Morgan fingerprint density at radius 2 is 1.44 bits per heavy atom. The molecule has 1 rings (SSSR count). The molecule has 1 aromatic rings. The minimum Gasteiger partial charge on any atom is -0.394 e. The fourth-order valence-electron chi connectivity index (χ4n) is 2.62. The van der Waals surface area contributed by atoms with Crippen molar-refractivity contribution in [2.45, 2.75) is 70.5 Å². The summed E-state index contributed by atoms with van der Waals surface area (Å²) < 4.78 is 5.05. The second-order valence-corrected chi connectivity index (χ2v) is 6.91. The van der Waals surface area contributed by atoms with Gasteiger partial charge in [-0.25, -0.2) is 0 Å². The topological polar surface area (TPSA) is 88.4 Å². The highest BCUT2D eigenvalue weighted by Crippen LogP contribution is 2.15. The van der Waals surface area contributed by atoms with E-state index in [1.807, 2.05) is 24.3 Å². The third kappa shape index (κ3) is 12.8. The van der Waals surface area contributed by atoms with E-state index in [1.54, 1.807) is 0 Å². The largest absolute Gasteiger partial charge is 0.394 e. The summed E-state index contributed by atoms with van der Waals surface area (Å²) in [7, 11) is 0. The van der Waals surface area contributed by atoms with Gasteiger partial charge in [0.2, 0.25) is 0 Å². The summed E-state index contributed by atoms with van der Waals surface area (Å²) in [5.41, 5.74) is 1.28. The molecule has 2 atom stereocenters. The number of aliphatic hydroxyl groups is 3.